The molecule has 0 aromatic carbocycles. The van der Waals surface area contributed by atoms with Crippen LogP contribution >= 0.6 is 23.3 Å². The minimum atomic E-state index is -0.156. The van der Waals surface area contributed by atoms with Crippen molar-refractivity contribution in [2.75, 3.05) is 17.9 Å². The highest BCUT2D eigenvalue weighted by molar-refractivity contribution is 8.01. The van der Waals surface area contributed by atoms with Gasteiger partial charge in [0.05, 0.1) is 23.9 Å². The molecule has 164 valence electrons. The molecule has 3 aromatic rings. The SMILES string of the molecule is CCCNC(=O)c1ncc(-c2cncc(OCC)n2)s1.c1cc(NSC2CC2)ccn1. The molecule has 0 bridgehead atoms. The Hall–Kier alpha value is -2.72. The predicted molar refractivity (Wildman–Crippen MR) is 125 cm³/mol. The molecular formula is C21H26N6O2S2. The van der Waals surface area contributed by atoms with Gasteiger partial charge in [0.15, 0.2) is 5.01 Å². The van der Waals surface area contributed by atoms with Crippen LogP contribution < -0.4 is 14.8 Å². The first kappa shape index (κ1) is 23.0. The Labute approximate surface area is 190 Å². The third-order valence-electron chi connectivity index (χ3n) is 3.94. The Kier molecular flexibility index (Phi) is 9.04. The molecule has 1 amide bonds. The van der Waals surface area contributed by atoms with Crippen LogP contribution in [0.4, 0.5) is 5.69 Å². The summed E-state index contributed by atoms with van der Waals surface area (Å²) < 4.78 is 8.59. The van der Waals surface area contributed by atoms with Crippen LogP contribution in [0.15, 0.2) is 43.1 Å². The number of rotatable bonds is 9. The van der Waals surface area contributed by atoms with E-state index in [2.05, 4.69) is 30.0 Å². The molecule has 0 atom stereocenters. The Bertz CT molecular complexity index is 950. The Balaban J connectivity index is 0.000000207. The van der Waals surface area contributed by atoms with Crippen LogP contribution in [0, 0.1) is 0 Å². The van der Waals surface area contributed by atoms with E-state index in [1.54, 1.807) is 31.0 Å². The molecule has 1 aliphatic rings. The zero-order valence-electron chi connectivity index (χ0n) is 17.6. The first-order valence-electron chi connectivity index (χ1n) is 10.2. The highest BCUT2D eigenvalue weighted by atomic mass is 32.2. The second kappa shape index (κ2) is 12.2. The molecule has 3 aromatic heterocycles. The van der Waals surface area contributed by atoms with E-state index in [1.807, 2.05) is 37.9 Å². The molecule has 10 heteroatoms. The van der Waals surface area contributed by atoms with Gasteiger partial charge in [0, 0.05) is 36.1 Å². The summed E-state index contributed by atoms with van der Waals surface area (Å²) in [6.07, 6.45) is 12.0. The molecule has 2 N–H and O–H groups in total. The zero-order valence-corrected chi connectivity index (χ0v) is 19.2. The molecule has 0 spiro atoms. The second-order valence-electron chi connectivity index (χ2n) is 6.62. The molecule has 0 radical (unpaired) electrons. The monoisotopic (exact) mass is 458 g/mol. The van der Waals surface area contributed by atoms with Gasteiger partial charge in [-0.25, -0.2) is 9.97 Å². The fourth-order valence-corrected chi connectivity index (χ4v) is 3.85. The number of ether oxygens (including phenoxy) is 1. The number of carbonyl (C=O) groups excluding carboxylic acids is 1. The van der Waals surface area contributed by atoms with Crippen molar-refractivity contribution in [1.82, 2.24) is 25.3 Å². The van der Waals surface area contributed by atoms with Crippen LogP contribution in [0.25, 0.3) is 10.6 Å². The lowest BCUT2D eigenvalue weighted by Gasteiger charge is -2.02. The lowest BCUT2D eigenvalue weighted by atomic mass is 10.4. The van der Waals surface area contributed by atoms with Gasteiger partial charge in [-0.3, -0.25) is 14.8 Å². The normalized spacial score (nSPS) is 12.5. The Morgan fingerprint density at radius 1 is 1.19 bits per heavy atom. The molecule has 3 heterocycles. The van der Waals surface area contributed by atoms with Crippen LogP contribution in [0.5, 0.6) is 5.88 Å². The topological polar surface area (TPSA) is 102 Å². The lowest BCUT2D eigenvalue weighted by Crippen LogP contribution is -2.23. The van der Waals surface area contributed by atoms with Gasteiger partial charge in [-0.05, 0) is 50.3 Å². The minimum absolute atomic E-state index is 0.156. The fraction of sp³-hybridized carbons (Fsp3) is 0.381. The number of amides is 1. The van der Waals surface area contributed by atoms with Crippen LogP contribution in [0.1, 0.15) is 42.9 Å². The van der Waals surface area contributed by atoms with Gasteiger partial charge in [-0.15, -0.1) is 11.3 Å². The maximum atomic E-state index is 11.8. The lowest BCUT2D eigenvalue weighted by molar-refractivity contribution is 0.0953. The molecule has 8 nitrogen and oxygen atoms in total. The summed E-state index contributed by atoms with van der Waals surface area (Å²) in [5.74, 6) is 0.312. The number of carbonyl (C=O) groups is 1. The van der Waals surface area contributed by atoms with Crippen LogP contribution in [-0.4, -0.2) is 44.2 Å². The van der Waals surface area contributed by atoms with Gasteiger partial charge in [0.1, 0.15) is 5.69 Å². The Morgan fingerprint density at radius 3 is 2.71 bits per heavy atom. The van der Waals surface area contributed by atoms with Crippen LogP contribution in [-0.2, 0) is 0 Å². The van der Waals surface area contributed by atoms with Crippen molar-refractivity contribution in [1.29, 1.82) is 0 Å². The largest absolute Gasteiger partial charge is 0.477 e. The summed E-state index contributed by atoms with van der Waals surface area (Å²) in [4.78, 5) is 29.0. The number of anilines is 1. The van der Waals surface area contributed by atoms with Crippen molar-refractivity contribution >= 4 is 34.9 Å². The van der Waals surface area contributed by atoms with E-state index < -0.39 is 0 Å². The van der Waals surface area contributed by atoms with Crippen molar-refractivity contribution in [3.05, 3.63) is 48.1 Å². The number of hydrogen-bond acceptors (Lipinski definition) is 9. The average Bonchev–Trinajstić information content (AvgIpc) is 3.51. The summed E-state index contributed by atoms with van der Waals surface area (Å²) >= 11 is 3.11. The van der Waals surface area contributed by atoms with Crippen LogP contribution in [0.2, 0.25) is 0 Å². The first-order valence-corrected chi connectivity index (χ1v) is 11.9. The van der Waals surface area contributed by atoms with E-state index in [-0.39, 0.29) is 5.91 Å². The summed E-state index contributed by atoms with van der Waals surface area (Å²) in [5, 5.41) is 4.07. The van der Waals surface area contributed by atoms with Crippen molar-refractivity contribution in [3.8, 4) is 16.5 Å². The maximum absolute atomic E-state index is 11.8. The van der Waals surface area contributed by atoms with Gasteiger partial charge in [0.2, 0.25) is 5.88 Å². The third-order valence-corrected chi connectivity index (χ3v) is 6.12. The first-order chi connectivity index (χ1) is 15.2. The zero-order chi connectivity index (χ0) is 21.9. The van der Waals surface area contributed by atoms with Gasteiger partial charge >= 0.3 is 0 Å². The third kappa shape index (κ3) is 7.80. The van der Waals surface area contributed by atoms with E-state index in [1.165, 1.54) is 24.2 Å². The van der Waals surface area contributed by atoms with E-state index >= 15 is 0 Å². The number of aromatic nitrogens is 4. The minimum Gasteiger partial charge on any atom is -0.477 e. The molecule has 0 unspecified atom stereocenters. The maximum Gasteiger partial charge on any atom is 0.280 e. The number of nitrogens with zero attached hydrogens (tertiary/aromatic N) is 4. The standard InChI is InChI=1S/C13H16N4O2S.C8H10N2S/c1-3-5-15-12(18)13-16-7-10(20-13)9-6-14-8-11(17-9)19-4-2;1-2-8(1)11-10-7-3-5-9-6-4-7/h6-8H,3-5H2,1-2H3,(H,15,18);3-6,8H,1-2H2,(H,9,10). The molecule has 31 heavy (non-hydrogen) atoms. The highest BCUT2D eigenvalue weighted by Crippen LogP contribution is 2.34. The van der Waals surface area contributed by atoms with E-state index in [4.69, 9.17) is 4.74 Å². The smallest absolute Gasteiger partial charge is 0.280 e. The van der Waals surface area contributed by atoms with E-state index in [0.29, 0.717) is 29.7 Å². The summed E-state index contributed by atoms with van der Waals surface area (Å²) in [6.45, 7) is 5.07. The molecule has 1 saturated carbocycles. The number of thiazole rings is 1. The number of nitrogens with one attached hydrogen (secondary N) is 2. The van der Waals surface area contributed by atoms with Crippen molar-refractivity contribution in [3.63, 3.8) is 0 Å². The fourth-order valence-electron chi connectivity index (χ4n) is 2.25. The highest BCUT2D eigenvalue weighted by Gasteiger charge is 2.21. The molecular weight excluding hydrogens is 432 g/mol. The molecule has 1 aliphatic carbocycles. The van der Waals surface area contributed by atoms with Crippen molar-refractivity contribution in [2.24, 2.45) is 0 Å². The van der Waals surface area contributed by atoms with Gasteiger partial charge in [-0.2, -0.15) is 0 Å². The van der Waals surface area contributed by atoms with Gasteiger partial charge < -0.3 is 14.8 Å². The van der Waals surface area contributed by atoms with Gasteiger partial charge in [-0.1, -0.05) is 6.92 Å². The van der Waals surface area contributed by atoms with Crippen molar-refractivity contribution < 1.29 is 9.53 Å². The van der Waals surface area contributed by atoms with E-state index in [0.717, 1.165) is 22.2 Å². The Morgan fingerprint density at radius 2 is 2.00 bits per heavy atom. The number of pyridine rings is 1. The summed E-state index contributed by atoms with van der Waals surface area (Å²) in [7, 11) is 0. The molecule has 0 saturated heterocycles. The molecule has 1 fully saturated rings. The summed E-state index contributed by atoms with van der Waals surface area (Å²) in [6, 6.07) is 3.96. The molecule has 0 aliphatic heterocycles. The number of hydrogen-bond donors (Lipinski definition) is 2. The molecule has 4 rings (SSSR count). The summed E-state index contributed by atoms with van der Waals surface area (Å²) in [5.41, 5.74) is 1.81. The second-order valence-corrected chi connectivity index (χ2v) is 8.75. The quantitative estimate of drug-likeness (QED) is 0.454. The van der Waals surface area contributed by atoms with Crippen LogP contribution in [0.3, 0.4) is 0 Å². The average molecular weight is 459 g/mol. The van der Waals surface area contributed by atoms with E-state index in [9.17, 15) is 4.79 Å². The predicted octanol–water partition coefficient (Wildman–Crippen LogP) is 4.44. The van der Waals surface area contributed by atoms with Crippen molar-refractivity contribution in [2.45, 2.75) is 38.4 Å². The van der Waals surface area contributed by atoms with Gasteiger partial charge in [0.25, 0.3) is 5.91 Å².